The predicted octanol–water partition coefficient (Wildman–Crippen LogP) is 2.82. The number of halogens is 1. The van der Waals surface area contributed by atoms with Gasteiger partial charge in [0.25, 0.3) is 0 Å². The number of hydrogen-bond acceptors (Lipinski definition) is 3. The van der Waals surface area contributed by atoms with E-state index in [1.165, 1.54) is 12.0 Å². The van der Waals surface area contributed by atoms with Crippen molar-refractivity contribution in [3.63, 3.8) is 0 Å². The Hall–Kier alpha value is -1.07. The van der Waals surface area contributed by atoms with Crippen LogP contribution in [0.15, 0.2) is 12.4 Å². The molecule has 3 heterocycles. The average Bonchev–Trinajstić information content (AvgIpc) is 3.07. The van der Waals surface area contributed by atoms with E-state index in [1.807, 2.05) is 17.9 Å². The van der Waals surface area contributed by atoms with Gasteiger partial charge in [0.05, 0.1) is 12.1 Å². The van der Waals surface area contributed by atoms with Crippen molar-refractivity contribution in [2.24, 2.45) is 24.3 Å². The molecule has 1 N–H and O–H groups in total. The second-order valence-electron chi connectivity index (χ2n) is 8.64. The molecule has 2 fully saturated rings. The largest absolute Gasteiger partial charge is 0.342 e. The van der Waals surface area contributed by atoms with Crippen molar-refractivity contribution in [1.82, 2.24) is 20.0 Å². The highest BCUT2D eigenvalue weighted by molar-refractivity contribution is 5.85. The molecule has 0 spiro atoms. The van der Waals surface area contributed by atoms with E-state index in [4.69, 9.17) is 0 Å². The summed E-state index contributed by atoms with van der Waals surface area (Å²) in [7, 11) is 1.93. The Bertz CT molecular complexity index is 580. The van der Waals surface area contributed by atoms with Gasteiger partial charge in [0.15, 0.2) is 0 Å². The average molecular weight is 369 g/mol. The number of likely N-dealkylation sites (tertiary alicyclic amines) is 1. The molecule has 2 aliphatic rings. The molecule has 0 radical (unpaired) electrons. The Morgan fingerprint density at radius 3 is 2.64 bits per heavy atom. The molecular formula is C19H33ClN4O. The zero-order valence-corrected chi connectivity index (χ0v) is 16.8. The van der Waals surface area contributed by atoms with Crippen molar-refractivity contribution in [2.45, 2.75) is 46.0 Å². The van der Waals surface area contributed by atoms with Crippen molar-refractivity contribution >= 4 is 18.3 Å². The molecule has 3 rings (SSSR count). The minimum Gasteiger partial charge on any atom is -0.342 e. The smallest absolute Gasteiger partial charge is 0.227 e. The van der Waals surface area contributed by atoms with Crippen LogP contribution in [0, 0.1) is 17.3 Å². The van der Waals surface area contributed by atoms with E-state index in [1.54, 1.807) is 0 Å². The quantitative estimate of drug-likeness (QED) is 0.873. The first-order chi connectivity index (χ1) is 11.4. The lowest BCUT2D eigenvalue weighted by molar-refractivity contribution is -0.135. The van der Waals surface area contributed by atoms with Crippen LogP contribution < -0.4 is 5.32 Å². The molecule has 142 valence electrons. The molecule has 1 unspecified atom stereocenters. The lowest BCUT2D eigenvalue weighted by Gasteiger charge is -2.30. The number of aromatic nitrogens is 2. The number of rotatable bonds is 2. The molecule has 1 aromatic heterocycles. The highest BCUT2D eigenvalue weighted by Crippen LogP contribution is 2.35. The summed E-state index contributed by atoms with van der Waals surface area (Å²) < 4.78 is 1.83. The molecule has 25 heavy (non-hydrogen) atoms. The monoisotopic (exact) mass is 368 g/mol. The molecular weight excluding hydrogens is 336 g/mol. The molecule has 1 aromatic rings. The Kier molecular flexibility index (Phi) is 6.55. The molecule has 0 aliphatic carbocycles. The van der Waals surface area contributed by atoms with Gasteiger partial charge in [-0.05, 0) is 36.2 Å². The van der Waals surface area contributed by atoms with Crippen LogP contribution in [0.2, 0.25) is 0 Å². The normalized spacial score (nSPS) is 27.7. The fourth-order valence-electron chi connectivity index (χ4n) is 4.34. The molecule has 2 saturated heterocycles. The van der Waals surface area contributed by atoms with Gasteiger partial charge in [0.1, 0.15) is 0 Å². The van der Waals surface area contributed by atoms with E-state index >= 15 is 0 Å². The van der Waals surface area contributed by atoms with E-state index in [0.717, 1.165) is 39.0 Å². The van der Waals surface area contributed by atoms with Gasteiger partial charge in [-0.25, -0.2) is 0 Å². The zero-order chi connectivity index (χ0) is 17.3. The fraction of sp³-hybridized carbons (Fsp3) is 0.789. The second kappa shape index (κ2) is 8.09. The fourth-order valence-corrected chi connectivity index (χ4v) is 4.34. The standard InChI is InChI=1S/C19H32N4O.ClH/c1-19(2,3)15-6-5-8-23(9-7-15)18(24)17-12-20-11-16(17)14-10-21-22(4)13-14;/h10,13,15-17,20H,5-9,11-12H2,1-4H3;1H/t15?,16-,17+;/m1./s1. The summed E-state index contributed by atoms with van der Waals surface area (Å²) in [4.78, 5) is 15.3. The van der Waals surface area contributed by atoms with Gasteiger partial charge in [0.2, 0.25) is 5.91 Å². The lowest BCUT2D eigenvalue weighted by Crippen LogP contribution is -2.39. The Morgan fingerprint density at radius 2 is 2.00 bits per heavy atom. The molecule has 3 atom stereocenters. The molecule has 0 aromatic carbocycles. The summed E-state index contributed by atoms with van der Waals surface area (Å²) in [5.41, 5.74) is 1.52. The van der Waals surface area contributed by atoms with Crippen LogP contribution in [0.1, 0.15) is 51.5 Å². The maximum Gasteiger partial charge on any atom is 0.227 e. The van der Waals surface area contributed by atoms with E-state index < -0.39 is 0 Å². The first-order valence-electron chi connectivity index (χ1n) is 9.34. The zero-order valence-electron chi connectivity index (χ0n) is 16.0. The summed E-state index contributed by atoms with van der Waals surface area (Å²) in [6.07, 6.45) is 7.46. The molecule has 0 saturated carbocycles. The molecule has 5 nitrogen and oxygen atoms in total. The van der Waals surface area contributed by atoms with E-state index in [0.29, 0.717) is 17.2 Å². The minimum atomic E-state index is 0. The minimum absolute atomic E-state index is 0. The van der Waals surface area contributed by atoms with Crippen molar-refractivity contribution < 1.29 is 4.79 Å². The van der Waals surface area contributed by atoms with Gasteiger partial charge in [0, 0.05) is 45.3 Å². The number of nitrogens with one attached hydrogen (secondary N) is 1. The summed E-state index contributed by atoms with van der Waals surface area (Å²) in [5.74, 6) is 1.36. The van der Waals surface area contributed by atoms with Crippen molar-refractivity contribution in [3.05, 3.63) is 18.0 Å². The maximum atomic E-state index is 13.2. The summed E-state index contributed by atoms with van der Waals surface area (Å²) in [5, 5.41) is 7.70. The topological polar surface area (TPSA) is 50.2 Å². The number of amides is 1. The van der Waals surface area contributed by atoms with Crippen LogP contribution in [-0.4, -0.2) is 46.8 Å². The third-order valence-electron chi connectivity index (χ3n) is 5.95. The van der Waals surface area contributed by atoms with Gasteiger partial charge >= 0.3 is 0 Å². The van der Waals surface area contributed by atoms with Crippen LogP contribution >= 0.6 is 12.4 Å². The molecule has 6 heteroatoms. The molecule has 1 amide bonds. The number of carbonyl (C=O) groups is 1. The number of nitrogens with zero attached hydrogens (tertiary/aromatic N) is 3. The van der Waals surface area contributed by atoms with Crippen LogP contribution in [0.4, 0.5) is 0 Å². The molecule has 2 aliphatic heterocycles. The van der Waals surface area contributed by atoms with E-state index in [9.17, 15) is 4.79 Å². The Labute approximate surface area is 157 Å². The first-order valence-corrected chi connectivity index (χ1v) is 9.34. The second-order valence-corrected chi connectivity index (χ2v) is 8.64. The van der Waals surface area contributed by atoms with Crippen molar-refractivity contribution in [2.75, 3.05) is 26.2 Å². The number of carbonyl (C=O) groups excluding carboxylic acids is 1. The number of hydrogen-bond donors (Lipinski definition) is 1. The van der Waals surface area contributed by atoms with Gasteiger partial charge in [-0.15, -0.1) is 12.4 Å². The first kappa shape index (κ1) is 20.2. The van der Waals surface area contributed by atoms with Crippen LogP contribution in [0.5, 0.6) is 0 Å². The van der Waals surface area contributed by atoms with Gasteiger partial charge < -0.3 is 10.2 Å². The highest BCUT2D eigenvalue weighted by Gasteiger charge is 2.38. The van der Waals surface area contributed by atoms with Crippen molar-refractivity contribution in [3.8, 4) is 0 Å². The Morgan fingerprint density at radius 1 is 1.24 bits per heavy atom. The van der Waals surface area contributed by atoms with Crippen molar-refractivity contribution in [1.29, 1.82) is 0 Å². The third-order valence-corrected chi connectivity index (χ3v) is 5.95. The van der Waals surface area contributed by atoms with Gasteiger partial charge in [-0.1, -0.05) is 20.8 Å². The SMILES string of the molecule is Cl.Cn1cc([C@H]2CNC[C@@H]2C(=O)N2CCCC(C(C)(C)C)CC2)cn1. The van der Waals surface area contributed by atoms with Gasteiger partial charge in [-0.2, -0.15) is 5.10 Å². The molecule has 0 bridgehead atoms. The van der Waals surface area contributed by atoms with Crippen LogP contribution in [0.25, 0.3) is 0 Å². The number of aryl methyl sites for hydroxylation is 1. The maximum absolute atomic E-state index is 13.2. The van der Waals surface area contributed by atoms with E-state index in [2.05, 4.69) is 42.3 Å². The van der Waals surface area contributed by atoms with E-state index in [-0.39, 0.29) is 24.2 Å². The Balaban J connectivity index is 0.00000225. The summed E-state index contributed by atoms with van der Waals surface area (Å²) in [6.45, 7) is 10.5. The summed E-state index contributed by atoms with van der Waals surface area (Å²) in [6, 6.07) is 0. The van der Waals surface area contributed by atoms with Gasteiger partial charge in [-0.3, -0.25) is 9.48 Å². The highest BCUT2D eigenvalue weighted by atomic mass is 35.5. The van der Waals surface area contributed by atoms with Crippen LogP contribution in [-0.2, 0) is 11.8 Å². The predicted molar refractivity (Wildman–Crippen MR) is 103 cm³/mol. The third kappa shape index (κ3) is 4.56. The lowest BCUT2D eigenvalue weighted by atomic mass is 9.77. The summed E-state index contributed by atoms with van der Waals surface area (Å²) >= 11 is 0. The van der Waals surface area contributed by atoms with Crippen LogP contribution in [0.3, 0.4) is 0 Å².